The maximum absolute atomic E-state index is 5.74. The molecule has 0 bridgehead atoms. The fourth-order valence-electron chi connectivity index (χ4n) is 6.16. The van der Waals surface area contributed by atoms with Crippen LogP contribution in [0.3, 0.4) is 0 Å². The second kappa shape index (κ2) is 10.5. The van der Waals surface area contributed by atoms with Crippen LogP contribution in [0.25, 0.3) is 0 Å². The molecule has 6 heteroatoms. The van der Waals surface area contributed by atoms with Gasteiger partial charge in [0.25, 0.3) is 0 Å². The van der Waals surface area contributed by atoms with Crippen LogP contribution in [0, 0.1) is 11.3 Å². The van der Waals surface area contributed by atoms with Crippen LogP contribution in [0.5, 0.6) is 0 Å². The minimum atomic E-state index is 0.509. The summed E-state index contributed by atoms with van der Waals surface area (Å²) in [5.74, 6) is 1.73. The van der Waals surface area contributed by atoms with E-state index in [0.717, 1.165) is 58.6 Å². The standard InChI is InChI=1S/C23H42N4O2/c1-24-22(27-11-6-10-23(19-27)8-4-2-3-5-9-23)25-17-21(20-7-14-29-18-20)26-12-15-28-16-13-26/h20-21H,2-19H2,1H3,(H,24,25). The molecule has 0 aromatic heterocycles. The van der Waals surface area contributed by atoms with Crippen LogP contribution >= 0.6 is 0 Å². The Bertz CT molecular complexity index is 521. The van der Waals surface area contributed by atoms with E-state index in [4.69, 9.17) is 14.5 Å². The van der Waals surface area contributed by atoms with Gasteiger partial charge in [-0.1, -0.05) is 25.7 Å². The number of piperidine rings is 1. The molecule has 0 aromatic rings. The summed E-state index contributed by atoms with van der Waals surface area (Å²) in [7, 11) is 1.96. The maximum atomic E-state index is 5.74. The first kappa shape index (κ1) is 21.4. The summed E-state index contributed by atoms with van der Waals surface area (Å²) in [6.45, 7) is 8.90. The summed E-state index contributed by atoms with van der Waals surface area (Å²) in [6.07, 6.45) is 12.4. The summed E-state index contributed by atoms with van der Waals surface area (Å²) in [5.41, 5.74) is 0.537. The molecule has 3 saturated heterocycles. The van der Waals surface area contributed by atoms with Crippen LogP contribution in [0.1, 0.15) is 57.8 Å². The molecule has 2 atom stereocenters. The molecular weight excluding hydrogens is 364 g/mol. The Labute approximate surface area is 177 Å². The van der Waals surface area contributed by atoms with Crippen molar-refractivity contribution in [1.82, 2.24) is 15.1 Å². The quantitative estimate of drug-likeness (QED) is 0.575. The highest BCUT2D eigenvalue weighted by Gasteiger charge is 2.37. The Balaban J connectivity index is 1.37. The molecule has 4 aliphatic rings. The molecule has 0 aromatic carbocycles. The average molecular weight is 407 g/mol. The van der Waals surface area contributed by atoms with Gasteiger partial charge in [-0.2, -0.15) is 0 Å². The number of ether oxygens (including phenoxy) is 2. The normalized spacial score (nSPS) is 30.3. The number of hydrogen-bond donors (Lipinski definition) is 1. The number of nitrogens with one attached hydrogen (secondary N) is 1. The summed E-state index contributed by atoms with van der Waals surface area (Å²) in [6, 6.07) is 0.509. The van der Waals surface area contributed by atoms with E-state index in [1.807, 2.05) is 7.05 Å². The van der Waals surface area contributed by atoms with E-state index in [1.54, 1.807) is 0 Å². The molecular formula is C23H42N4O2. The lowest BCUT2D eigenvalue weighted by Gasteiger charge is -2.44. The van der Waals surface area contributed by atoms with Crippen molar-refractivity contribution < 1.29 is 9.47 Å². The second-order valence-corrected chi connectivity index (χ2v) is 9.71. The smallest absolute Gasteiger partial charge is 0.193 e. The molecule has 29 heavy (non-hydrogen) atoms. The zero-order chi connectivity index (χ0) is 19.9. The van der Waals surface area contributed by atoms with E-state index < -0.39 is 0 Å². The van der Waals surface area contributed by atoms with Gasteiger partial charge in [0, 0.05) is 58.3 Å². The van der Waals surface area contributed by atoms with E-state index in [1.165, 1.54) is 64.3 Å². The van der Waals surface area contributed by atoms with Crippen molar-refractivity contribution in [2.45, 2.75) is 63.8 Å². The van der Waals surface area contributed by atoms with Gasteiger partial charge in [0.05, 0.1) is 19.8 Å². The lowest BCUT2D eigenvalue weighted by atomic mass is 9.74. The number of aliphatic imine (C=N–C) groups is 1. The fourth-order valence-corrected chi connectivity index (χ4v) is 6.16. The molecule has 1 spiro atoms. The summed E-state index contributed by atoms with van der Waals surface area (Å²) < 4.78 is 11.3. The average Bonchev–Trinajstić information content (AvgIpc) is 3.20. The predicted octanol–water partition coefficient (Wildman–Crippen LogP) is 2.74. The predicted molar refractivity (Wildman–Crippen MR) is 117 cm³/mol. The molecule has 1 N–H and O–H groups in total. The van der Waals surface area contributed by atoms with Crippen LogP contribution in [-0.2, 0) is 9.47 Å². The number of guanidine groups is 1. The van der Waals surface area contributed by atoms with E-state index in [9.17, 15) is 0 Å². The molecule has 3 heterocycles. The topological polar surface area (TPSA) is 49.3 Å². The lowest BCUT2D eigenvalue weighted by Crippen LogP contribution is -2.56. The molecule has 166 valence electrons. The van der Waals surface area contributed by atoms with E-state index in [2.05, 4.69) is 15.1 Å². The third-order valence-electron chi connectivity index (χ3n) is 7.83. The first-order valence-corrected chi connectivity index (χ1v) is 12.1. The van der Waals surface area contributed by atoms with Crippen molar-refractivity contribution in [2.24, 2.45) is 16.3 Å². The molecule has 2 unspecified atom stereocenters. The first-order chi connectivity index (χ1) is 14.3. The SMILES string of the molecule is CN=C(NCC(C1CCOC1)N1CCOCC1)N1CCCC2(CCCCCC2)C1. The Hall–Kier alpha value is -0.850. The Morgan fingerprint density at radius 3 is 2.45 bits per heavy atom. The van der Waals surface area contributed by atoms with Crippen molar-refractivity contribution in [3.05, 3.63) is 0 Å². The van der Waals surface area contributed by atoms with Crippen molar-refractivity contribution >= 4 is 5.96 Å². The summed E-state index contributed by atoms with van der Waals surface area (Å²) in [4.78, 5) is 9.90. The number of morpholine rings is 1. The van der Waals surface area contributed by atoms with Gasteiger partial charge in [0.15, 0.2) is 5.96 Å². The van der Waals surface area contributed by atoms with Crippen LogP contribution in [-0.4, -0.2) is 88.0 Å². The van der Waals surface area contributed by atoms with Gasteiger partial charge in [-0.25, -0.2) is 0 Å². The van der Waals surface area contributed by atoms with Gasteiger partial charge in [0.1, 0.15) is 0 Å². The molecule has 0 radical (unpaired) electrons. The van der Waals surface area contributed by atoms with Gasteiger partial charge in [-0.3, -0.25) is 9.89 Å². The third-order valence-corrected chi connectivity index (χ3v) is 7.83. The fraction of sp³-hybridized carbons (Fsp3) is 0.957. The van der Waals surface area contributed by atoms with E-state index in [-0.39, 0.29) is 0 Å². The molecule has 4 rings (SSSR count). The Morgan fingerprint density at radius 2 is 1.76 bits per heavy atom. The molecule has 4 fully saturated rings. The maximum Gasteiger partial charge on any atom is 0.193 e. The van der Waals surface area contributed by atoms with E-state index in [0.29, 0.717) is 17.4 Å². The monoisotopic (exact) mass is 406 g/mol. The van der Waals surface area contributed by atoms with Gasteiger partial charge in [-0.05, 0) is 37.5 Å². The second-order valence-electron chi connectivity index (χ2n) is 9.71. The van der Waals surface area contributed by atoms with Gasteiger partial charge >= 0.3 is 0 Å². The van der Waals surface area contributed by atoms with Crippen molar-refractivity contribution in [1.29, 1.82) is 0 Å². The molecule has 6 nitrogen and oxygen atoms in total. The minimum absolute atomic E-state index is 0.509. The van der Waals surface area contributed by atoms with Crippen LogP contribution in [0.15, 0.2) is 4.99 Å². The van der Waals surface area contributed by atoms with Crippen molar-refractivity contribution in [3.8, 4) is 0 Å². The number of hydrogen-bond acceptors (Lipinski definition) is 4. The Kier molecular flexibility index (Phi) is 7.71. The Morgan fingerprint density at radius 1 is 1.00 bits per heavy atom. The zero-order valence-corrected chi connectivity index (χ0v) is 18.5. The largest absolute Gasteiger partial charge is 0.381 e. The number of nitrogens with zero attached hydrogens (tertiary/aromatic N) is 3. The zero-order valence-electron chi connectivity index (χ0n) is 18.5. The van der Waals surface area contributed by atoms with Gasteiger partial charge in [-0.15, -0.1) is 0 Å². The minimum Gasteiger partial charge on any atom is -0.381 e. The molecule has 1 aliphatic carbocycles. The molecule has 0 amide bonds. The molecule has 3 aliphatic heterocycles. The number of rotatable bonds is 4. The van der Waals surface area contributed by atoms with Gasteiger partial charge in [0.2, 0.25) is 0 Å². The van der Waals surface area contributed by atoms with Crippen molar-refractivity contribution in [2.75, 3.05) is 66.2 Å². The lowest BCUT2D eigenvalue weighted by molar-refractivity contribution is 0.00220. The highest BCUT2D eigenvalue weighted by Crippen LogP contribution is 2.42. The van der Waals surface area contributed by atoms with Crippen molar-refractivity contribution in [3.63, 3.8) is 0 Å². The van der Waals surface area contributed by atoms with Gasteiger partial charge < -0.3 is 19.7 Å². The molecule has 1 saturated carbocycles. The van der Waals surface area contributed by atoms with Crippen LogP contribution < -0.4 is 5.32 Å². The highest BCUT2D eigenvalue weighted by molar-refractivity contribution is 5.80. The highest BCUT2D eigenvalue weighted by atomic mass is 16.5. The summed E-state index contributed by atoms with van der Waals surface area (Å²) in [5, 5.41) is 3.79. The summed E-state index contributed by atoms with van der Waals surface area (Å²) >= 11 is 0. The van der Waals surface area contributed by atoms with E-state index >= 15 is 0 Å². The van der Waals surface area contributed by atoms with Crippen LogP contribution in [0.4, 0.5) is 0 Å². The first-order valence-electron chi connectivity index (χ1n) is 12.1. The number of likely N-dealkylation sites (tertiary alicyclic amines) is 1. The van der Waals surface area contributed by atoms with Crippen LogP contribution in [0.2, 0.25) is 0 Å². The third kappa shape index (κ3) is 5.45.